The predicted molar refractivity (Wildman–Crippen MR) is 176 cm³/mol. The number of rotatable bonds is 10. The number of aryl methyl sites for hydroxylation is 1. The first-order chi connectivity index (χ1) is 22.8. The van der Waals surface area contributed by atoms with E-state index in [9.17, 15) is 14.0 Å². The second-order valence-electron chi connectivity index (χ2n) is 12.4. The van der Waals surface area contributed by atoms with E-state index in [0.29, 0.717) is 43.0 Å². The summed E-state index contributed by atoms with van der Waals surface area (Å²) in [6.07, 6.45) is 6.36. The number of amides is 1. The predicted octanol–water partition coefficient (Wildman–Crippen LogP) is 6.27. The molecular formula is C37H44FN3O6. The number of carboxylic acid groups (broad SMARTS) is 1. The summed E-state index contributed by atoms with van der Waals surface area (Å²) in [5, 5.41) is 6.89. The van der Waals surface area contributed by atoms with Gasteiger partial charge in [-0.15, -0.1) is 0 Å². The largest absolute Gasteiger partial charge is 0.493 e. The van der Waals surface area contributed by atoms with Crippen LogP contribution in [0.5, 0.6) is 5.75 Å². The summed E-state index contributed by atoms with van der Waals surface area (Å²) in [6.45, 7) is 7.62. The molecule has 3 heterocycles. The van der Waals surface area contributed by atoms with E-state index < -0.39 is 5.97 Å². The molecule has 0 radical (unpaired) electrons. The minimum atomic E-state index is -0.440. The van der Waals surface area contributed by atoms with Crippen molar-refractivity contribution in [1.82, 2.24) is 14.8 Å². The van der Waals surface area contributed by atoms with Crippen LogP contribution < -0.4 is 4.74 Å². The van der Waals surface area contributed by atoms with Crippen LogP contribution in [0.2, 0.25) is 0 Å². The molecule has 0 bridgehead atoms. The van der Waals surface area contributed by atoms with Gasteiger partial charge in [-0.05, 0) is 85.9 Å². The number of likely N-dealkylation sites (tertiary alicyclic amines) is 1. The Morgan fingerprint density at radius 3 is 2.38 bits per heavy atom. The average molecular weight is 646 g/mol. The Hall–Kier alpha value is -4.31. The van der Waals surface area contributed by atoms with E-state index in [1.807, 2.05) is 30.9 Å². The zero-order valence-electron chi connectivity index (χ0n) is 27.5. The molecule has 0 unspecified atom stereocenters. The third-order valence-electron chi connectivity index (χ3n) is 9.20. The lowest BCUT2D eigenvalue weighted by atomic mass is 9.92. The highest BCUT2D eigenvalue weighted by Gasteiger charge is 2.35. The molecule has 6 rings (SSSR count). The number of benzene rings is 2. The molecule has 1 amide bonds. The van der Waals surface area contributed by atoms with Crippen molar-refractivity contribution in [2.75, 3.05) is 33.4 Å². The molecule has 1 saturated heterocycles. The molecule has 1 aromatic heterocycles. The third-order valence-corrected chi connectivity index (χ3v) is 9.20. The third kappa shape index (κ3) is 7.81. The topological polar surface area (TPSA) is 109 Å². The molecule has 1 N–H and O–H groups in total. The van der Waals surface area contributed by atoms with Crippen molar-refractivity contribution in [3.8, 4) is 16.9 Å². The molecule has 47 heavy (non-hydrogen) atoms. The van der Waals surface area contributed by atoms with Crippen LogP contribution in [0.1, 0.15) is 95.1 Å². The van der Waals surface area contributed by atoms with Crippen molar-refractivity contribution < 1.29 is 33.4 Å². The van der Waals surface area contributed by atoms with Gasteiger partial charge in [0, 0.05) is 44.2 Å². The van der Waals surface area contributed by atoms with Crippen molar-refractivity contribution in [3.63, 3.8) is 0 Å². The molecule has 0 atom stereocenters. The Balaban J connectivity index is 0.00000139. The molecule has 2 aromatic carbocycles. The smallest absolute Gasteiger partial charge is 0.339 e. The number of nitrogens with zero attached hydrogens (tertiary/aromatic N) is 3. The van der Waals surface area contributed by atoms with Gasteiger partial charge in [-0.2, -0.15) is 0 Å². The highest BCUT2D eigenvalue weighted by atomic mass is 19.1. The Morgan fingerprint density at radius 1 is 1.06 bits per heavy atom. The molecule has 2 aliphatic heterocycles. The molecule has 2 fully saturated rings. The van der Waals surface area contributed by atoms with Crippen molar-refractivity contribution >= 4 is 18.3 Å². The molecule has 10 heteroatoms. The van der Waals surface area contributed by atoms with Gasteiger partial charge >= 0.3 is 5.97 Å². The van der Waals surface area contributed by atoms with E-state index >= 15 is 0 Å². The molecule has 0 spiro atoms. The fourth-order valence-corrected chi connectivity index (χ4v) is 6.86. The van der Waals surface area contributed by atoms with E-state index in [4.69, 9.17) is 24.4 Å². The number of aromatic nitrogens is 1. The zero-order valence-corrected chi connectivity index (χ0v) is 27.5. The zero-order chi connectivity index (χ0) is 33.5. The first-order valence-electron chi connectivity index (χ1n) is 16.6. The molecule has 3 aromatic rings. The number of esters is 1. The normalized spacial score (nSPS) is 16.6. The van der Waals surface area contributed by atoms with Gasteiger partial charge in [0.05, 0.1) is 36.2 Å². The van der Waals surface area contributed by atoms with Crippen LogP contribution >= 0.6 is 0 Å². The highest BCUT2D eigenvalue weighted by Crippen LogP contribution is 2.48. The molecule has 1 aliphatic carbocycles. The van der Waals surface area contributed by atoms with Crippen LogP contribution in [0.3, 0.4) is 0 Å². The number of hydrogen-bond acceptors (Lipinski definition) is 7. The van der Waals surface area contributed by atoms with Crippen molar-refractivity contribution in [1.29, 1.82) is 0 Å². The molecule has 1 saturated carbocycles. The molecule has 250 valence electrons. The lowest BCUT2D eigenvalue weighted by Crippen LogP contribution is -2.50. The number of fused-ring (bicyclic) bond motifs is 1. The number of hydrogen-bond donors (Lipinski definition) is 1. The van der Waals surface area contributed by atoms with Gasteiger partial charge in [0.15, 0.2) is 0 Å². The van der Waals surface area contributed by atoms with Crippen LogP contribution in [0.15, 0.2) is 42.5 Å². The lowest BCUT2D eigenvalue weighted by molar-refractivity contribution is -0.122. The summed E-state index contributed by atoms with van der Waals surface area (Å²) in [4.78, 5) is 43.7. The fraction of sp³-hybridized carbons (Fsp3) is 0.459. The Bertz CT molecular complexity index is 1580. The van der Waals surface area contributed by atoms with E-state index in [2.05, 4.69) is 17.0 Å². The minimum absolute atomic E-state index is 0.0304. The van der Waals surface area contributed by atoms with Gasteiger partial charge in [-0.3, -0.25) is 19.5 Å². The van der Waals surface area contributed by atoms with Gasteiger partial charge in [0.2, 0.25) is 0 Å². The van der Waals surface area contributed by atoms with Gasteiger partial charge in [-0.25, -0.2) is 9.18 Å². The number of halogens is 1. The number of carbonyl (C=O) groups excluding carboxylic acids is 2. The standard InChI is InChI=1S/C36H42FN3O4.CH2O2/c1-4-6-31-30(36(42)43-3)21-29-32(38-31)15-18-40(35(29)41)27-13-16-39(17-14-27)22-23-19-28(24-7-8-24)34(33(20-23)44-5-2)25-9-11-26(37)12-10-25;2-1-3/h9-12,19-21,24,27H,4-8,13-18,22H2,1-3H3;1H,(H,2,3). The monoisotopic (exact) mass is 645 g/mol. The first kappa shape index (κ1) is 34.0. The SMILES string of the molecule is CCCc1nc2c(cc1C(=O)OC)C(=O)N(C1CCN(Cc3cc(OCC)c(-c4ccc(F)cc4)c(C4CC4)c3)CC1)CC2.O=CO. The summed E-state index contributed by atoms with van der Waals surface area (Å²) < 4.78 is 24.9. The second-order valence-corrected chi connectivity index (χ2v) is 12.4. The number of piperidine rings is 1. The lowest BCUT2D eigenvalue weighted by Gasteiger charge is -2.40. The Kier molecular flexibility index (Phi) is 11.2. The minimum Gasteiger partial charge on any atom is -0.493 e. The summed E-state index contributed by atoms with van der Waals surface area (Å²) in [5.41, 5.74) is 7.06. The maximum atomic E-state index is 13.7. The van der Waals surface area contributed by atoms with Gasteiger partial charge < -0.3 is 19.5 Å². The van der Waals surface area contributed by atoms with Crippen LogP contribution in [-0.4, -0.2) is 77.6 Å². The number of pyridine rings is 1. The first-order valence-corrected chi connectivity index (χ1v) is 16.6. The molecule has 3 aliphatic rings. The van der Waals surface area contributed by atoms with Gasteiger partial charge in [0.1, 0.15) is 11.6 Å². The van der Waals surface area contributed by atoms with Crippen LogP contribution in [-0.2, 0) is 28.9 Å². The molecular weight excluding hydrogens is 601 g/mol. The van der Waals surface area contributed by atoms with Crippen LogP contribution in [0.4, 0.5) is 4.39 Å². The highest BCUT2D eigenvalue weighted by molar-refractivity contribution is 6.00. The van der Waals surface area contributed by atoms with Crippen molar-refractivity contribution in [3.05, 3.63) is 81.9 Å². The van der Waals surface area contributed by atoms with Crippen molar-refractivity contribution in [2.45, 2.75) is 77.3 Å². The number of carbonyl (C=O) groups is 3. The summed E-state index contributed by atoms with van der Waals surface area (Å²) in [6, 6.07) is 13.1. The average Bonchev–Trinajstić information content (AvgIpc) is 3.92. The number of ether oxygens (including phenoxy) is 2. The van der Waals surface area contributed by atoms with E-state index in [1.165, 1.54) is 30.4 Å². The van der Waals surface area contributed by atoms with Gasteiger partial charge in [0.25, 0.3) is 12.4 Å². The van der Waals surface area contributed by atoms with Crippen LogP contribution in [0.25, 0.3) is 11.1 Å². The Morgan fingerprint density at radius 2 is 1.77 bits per heavy atom. The maximum Gasteiger partial charge on any atom is 0.339 e. The van der Waals surface area contributed by atoms with E-state index in [1.54, 1.807) is 6.07 Å². The molecule has 9 nitrogen and oxygen atoms in total. The quantitative estimate of drug-likeness (QED) is 0.203. The van der Waals surface area contributed by atoms with Crippen molar-refractivity contribution in [2.24, 2.45) is 0 Å². The summed E-state index contributed by atoms with van der Waals surface area (Å²) in [5.74, 6) is 0.675. The summed E-state index contributed by atoms with van der Waals surface area (Å²) in [7, 11) is 1.36. The number of methoxy groups -OCH3 is 1. The van der Waals surface area contributed by atoms with Gasteiger partial charge in [-0.1, -0.05) is 31.5 Å². The van der Waals surface area contributed by atoms with Crippen LogP contribution in [0, 0.1) is 5.82 Å². The Labute approximate surface area is 275 Å². The van der Waals surface area contributed by atoms with E-state index in [-0.39, 0.29) is 24.2 Å². The maximum absolute atomic E-state index is 13.7. The van der Waals surface area contributed by atoms with E-state index in [0.717, 1.165) is 80.0 Å². The fourth-order valence-electron chi connectivity index (χ4n) is 6.86. The second kappa shape index (κ2) is 15.5. The summed E-state index contributed by atoms with van der Waals surface area (Å²) >= 11 is 0.